The second kappa shape index (κ2) is 71.6. The van der Waals surface area contributed by atoms with Crippen molar-refractivity contribution in [3.05, 3.63) is 85.1 Å². The number of phosphoric ester groups is 2. The van der Waals surface area contributed by atoms with Gasteiger partial charge in [-0.15, -0.1) is 0 Å². The zero-order chi connectivity index (χ0) is 71.8. The van der Waals surface area contributed by atoms with Gasteiger partial charge in [0.2, 0.25) is 0 Å². The van der Waals surface area contributed by atoms with Gasteiger partial charge in [0.15, 0.2) is 12.2 Å². The molecule has 17 nitrogen and oxygen atoms in total. The molecule has 0 spiro atoms. The van der Waals surface area contributed by atoms with Gasteiger partial charge in [-0.1, -0.05) is 280 Å². The van der Waals surface area contributed by atoms with E-state index in [0.717, 1.165) is 180 Å². The van der Waals surface area contributed by atoms with Crippen LogP contribution in [0.5, 0.6) is 0 Å². The monoisotopic (exact) mass is 1420 g/mol. The fourth-order valence-corrected chi connectivity index (χ4v) is 12.1. The van der Waals surface area contributed by atoms with Gasteiger partial charge in [-0.25, -0.2) is 9.13 Å². The molecule has 0 radical (unpaired) electrons. The van der Waals surface area contributed by atoms with Crippen LogP contribution in [0.15, 0.2) is 85.1 Å². The number of hydrogen-bond donors (Lipinski definition) is 3. The Morgan fingerprint density at radius 3 is 0.837 bits per heavy atom. The fourth-order valence-electron chi connectivity index (χ4n) is 10.5. The molecule has 0 aliphatic rings. The number of carbonyl (C=O) groups is 4. The first kappa shape index (κ1) is 94.2. The molecule has 0 aliphatic carbocycles. The minimum absolute atomic E-state index is 0.0842. The highest BCUT2D eigenvalue weighted by atomic mass is 31.2. The van der Waals surface area contributed by atoms with E-state index < -0.39 is 97.5 Å². The van der Waals surface area contributed by atoms with Crippen LogP contribution in [-0.4, -0.2) is 96.7 Å². The van der Waals surface area contributed by atoms with Gasteiger partial charge in [0, 0.05) is 25.7 Å². The molecule has 0 fully saturated rings. The lowest BCUT2D eigenvalue weighted by molar-refractivity contribution is -0.161. The lowest BCUT2D eigenvalue weighted by atomic mass is 10.0. The van der Waals surface area contributed by atoms with Crippen molar-refractivity contribution in [2.45, 2.75) is 354 Å². The van der Waals surface area contributed by atoms with Crippen LogP contribution in [0.1, 0.15) is 336 Å². The molecule has 0 heterocycles. The summed E-state index contributed by atoms with van der Waals surface area (Å²) in [5, 5.41) is 10.6. The lowest BCUT2D eigenvalue weighted by Gasteiger charge is -2.21. The average molecular weight is 1420 g/mol. The summed E-state index contributed by atoms with van der Waals surface area (Å²) in [6.07, 6.45) is 72.8. The Bertz CT molecular complexity index is 2190. The predicted octanol–water partition coefficient (Wildman–Crippen LogP) is 22.2. The van der Waals surface area contributed by atoms with Crippen LogP contribution in [0.25, 0.3) is 0 Å². The molecule has 0 rings (SSSR count). The third-order valence-corrected chi connectivity index (χ3v) is 18.3. The normalized spacial score (nSPS) is 14.4. The molecule has 0 aliphatic heterocycles. The van der Waals surface area contributed by atoms with Crippen molar-refractivity contribution in [3.63, 3.8) is 0 Å². The summed E-state index contributed by atoms with van der Waals surface area (Å²) in [5.74, 6) is -2.19. The van der Waals surface area contributed by atoms with Gasteiger partial charge in [0.25, 0.3) is 0 Å². The van der Waals surface area contributed by atoms with Crippen LogP contribution >= 0.6 is 15.6 Å². The summed E-state index contributed by atoms with van der Waals surface area (Å²) in [4.78, 5) is 72.9. The van der Waals surface area contributed by atoms with Gasteiger partial charge in [-0.2, -0.15) is 0 Å². The second-order valence-corrected chi connectivity index (χ2v) is 28.8. The van der Waals surface area contributed by atoms with Gasteiger partial charge in [0.05, 0.1) is 26.4 Å². The van der Waals surface area contributed by atoms with E-state index in [2.05, 4.69) is 113 Å². The summed E-state index contributed by atoms with van der Waals surface area (Å²) in [5.41, 5.74) is 0. The molecule has 0 amide bonds. The van der Waals surface area contributed by atoms with E-state index >= 15 is 0 Å². The molecule has 0 saturated heterocycles. The number of unbranched alkanes of at least 4 members (excludes halogenated alkanes) is 33. The quantitative estimate of drug-likeness (QED) is 0.0169. The maximum atomic E-state index is 13.1. The summed E-state index contributed by atoms with van der Waals surface area (Å²) < 4.78 is 68.5. The number of phosphoric acid groups is 2. The molecule has 0 aromatic heterocycles. The van der Waals surface area contributed by atoms with E-state index in [9.17, 15) is 43.2 Å². The highest BCUT2D eigenvalue weighted by Crippen LogP contribution is 2.45. The standard InChI is InChI=1S/C79H140O17P2/c1-5-9-13-17-21-25-29-33-35-36-38-42-44-48-52-56-60-64-77(82)90-70-75(96-79(84)66-62-58-54-50-46-40-32-28-24-20-16-12-8-4)72-94-98(87,88)92-68-73(80)67-91-97(85,86)93-71-74(95-78(83)65-61-57-53-49-45-39-31-27-23-19-15-11-7-3)69-89-76(81)63-59-55-51-47-43-41-37-34-30-26-22-18-14-10-6-2/h9-10,13-14,21-22,25-26,28,32-35,37,73-75,80H,5-8,11-12,15-20,23-24,27,29-31,36,38-72H2,1-4H3,(H,85,86)(H,87,88)/b13-9-,14-10-,25-21-,26-22-,32-28-,35-33-,37-34-. The zero-order valence-electron chi connectivity index (χ0n) is 62.0. The van der Waals surface area contributed by atoms with Gasteiger partial charge < -0.3 is 33.8 Å². The van der Waals surface area contributed by atoms with Crippen LogP contribution in [-0.2, 0) is 65.4 Å². The number of rotatable bonds is 73. The molecule has 5 atom stereocenters. The molecule has 0 aromatic rings. The molecular formula is C79H140O17P2. The maximum absolute atomic E-state index is 13.1. The van der Waals surface area contributed by atoms with E-state index in [0.29, 0.717) is 25.7 Å². The largest absolute Gasteiger partial charge is 0.472 e. The number of aliphatic hydroxyl groups excluding tert-OH is 1. The molecule has 0 bridgehead atoms. The Labute approximate surface area is 595 Å². The van der Waals surface area contributed by atoms with E-state index in [1.807, 2.05) is 0 Å². The number of esters is 4. The van der Waals surface area contributed by atoms with Crippen molar-refractivity contribution in [3.8, 4) is 0 Å². The number of carbonyl (C=O) groups excluding carboxylic acids is 4. The van der Waals surface area contributed by atoms with E-state index in [-0.39, 0.29) is 25.7 Å². The fraction of sp³-hybridized carbons (Fsp3) is 0.772. The summed E-state index contributed by atoms with van der Waals surface area (Å²) in [6.45, 7) is 4.64. The SMILES string of the molecule is CC/C=C\C/C=C\C/C=C\CCCCCCCCCC(=O)OCC(COP(=O)(O)OCC(O)COP(=O)(O)OCC(COC(=O)CCCCCCC/C=C\C/C=C\C/C=C\CC)OC(=O)CCCCCCCCCCCCCCC)OC(=O)CCCCCCC/C=C\CCCCCC. The van der Waals surface area contributed by atoms with E-state index in [1.54, 1.807) is 0 Å². The minimum atomic E-state index is -4.97. The van der Waals surface area contributed by atoms with Gasteiger partial charge in [-0.05, 0) is 116 Å². The van der Waals surface area contributed by atoms with Crippen molar-refractivity contribution in [1.82, 2.24) is 0 Å². The topological polar surface area (TPSA) is 237 Å². The van der Waals surface area contributed by atoms with Gasteiger partial charge >= 0.3 is 39.5 Å². The van der Waals surface area contributed by atoms with Crippen LogP contribution in [0.4, 0.5) is 0 Å². The Morgan fingerprint density at radius 1 is 0.296 bits per heavy atom. The number of allylic oxidation sites excluding steroid dienone is 14. The third kappa shape index (κ3) is 70.7. The van der Waals surface area contributed by atoms with Crippen LogP contribution in [0.2, 0.25) is 0 Å². The van der Waals surface area contributed by atoms with E-state index in [1.165, 1.54) is 77.0 Å². The maximum Gasteiger partial charge on any atom is 0.472 e. The average Bonchev–Trinajstić information content (AvgIpc) is 0.969. The molecule has 98 heavy (non-hydrogen) atoms. The first-order valence-corrected chi connectivity index (χ1v) is 41.8. The van der Waals surface area contributed by atoms with Crippen LogP contribution < -0.4 is 0 Å². The summed E-state index contributed by atoms with van der Waals surface area (Å²) >= 11 is 0. The zero-order valence-corrected chi connectivity index (χ0v) is 63.7. The molecule has 3 N–H and O–H groups in total. The summed E-state index contributed by atoms with van der Waals surface area (Å²) in [6, 6.07) is 0. The third-order valence-electron chi connectivity index (χ3n) is 16.4. The Hall–Kier alpha value is -3.76. The predicted molar refractivity (Wildman–Crippen MR) is 399 cm³/mol. The molecule has 19 heteroatoms. The van der Waals surface area contributed by atoms with Gasteiger partial charge in [-0.3, -0.25) is 37.3 Å². The van der Waals surface area contributed by atoms with Crippen molar-refractivity contribution >= 4 is 39.5 Å². The Morgan fingerprint density at radius 2 is 0.531 bits per heavy atom. The molecular weight excluding hydrogens is 1280 g/mol. The van der Waals surface area contributed by atoms with Crippen molar-refractivity contribution in [2.75, 3.05) is 39.6 Å². The van der Waals surface area contributed by atoms with Crippen molar-refractivity contribution < 1.29 is 80.2 Å². The Kier molecular flexibility index (Phi) is 68.9. The number of ether oxygens (including phenoxy) is 4. The Balaban J connectivity index is 5.33. The first-order valence-electron chi connectivity index (χ1n) is 38.8. The highest BCUT2D eigenvalue weighted by Gasteiger charge is 2.30. The lowest BCUT2D eigenvalue weighted by Crippen LogP contribution is -2.30. The number of aliphatic hydroxyl groups is 1. The molecule has 0 saturated carbocycles. The van der Waals surface area contributed by atoms with Gasteiger partial charge in [0.1, 0.15) is 19.3 Å². The summed E-state index contributed by atoms with van der Waals surface area (Å²) in [7, 11) is -9.95. The van der Waals surface area contributed by atoms with Crippen molar-refractivity contribution in [2.24, 2.45) is 0 Å². The first-order chi connectivity index (χ1) is 47.7. The minimum Gasteiger partial charge on any atom is -0.462 e. The molecule has 0 aromatic carbocycles. The highest BCUT2D eigenvalue weighted by molar-refractivity contribution is 7.47. The van der Waals surface area contributed by atoms with E-state index in [4.69, 9.17) is 37.0 Å². The number of hydrogen-bond acceptors (Lipinski definition) is 15. The second-order valence-electron chi connectivity index (χ2n) is 25.9. The van der Waals surface area contributed by atoms with Crippen LogP contribution in [0.3, 0.4) is 0 Å². The molecule has 5 unspecified atom stereocenters. The molecule has 568 valence electrons. The smallest absolute Gasteiger partial charge is 0.462 e. The van der Waals surface area contributed by atoms with Crippen molar-refractivity contribution in [1.29, 1.82) is 0 Å². The van der Waals surface area contributed by atoms with Crippen LogP contribution in [0, 0.1) is 0 Å².